The van der Waals surface area contributed by atoms with Crippen LogP contribution >= 0.6 is 0 Å². The van der Waals surface area contributed by atoms with Crippen LogP contribution in [0.4, 0.5) is 0 Å². The molecule has 0 fully saturated rings. The lowest BCUT2D eigenvalue weighted by molar-refractivity contribution is 0.506. The largest absolute Gasteiger partial charge is 0.365 e. The monoisotopic (exact) mass is 115 g/mol. The summed E-state index contributed by atoms with van der Waals surface area (Å²) in [6.45, 7) is 1.84. The summed E-state index contributed by atoms with van der Waals surface area (Å²) >= 11 is 0. The zero-order valence-corrected chi connectivity index (χ0v) is 5.44. The molecule has 0 radical (unpaired) electrons. The van der Waals surface area contributed by atoms with Gasteiger partial charge in [0.05, 0.1) is 6.34 Å². The van der Waals surface area contributed by atoms with Gasteiger partial charge < -0.3 is 10.2 Å². The second kappa shape index (κ2) is 4.59. The van der Waals surface area contributed by atoms with Gasteiger partial charge in [-0.3, -0.25) is 5.41 Å². The Balaban J connectivity index is 2.98. The third kappa shape index (κ3) is 3.61. The molecule has 0 amide bonds. The molecule has 3 nitrogen and oxygen atoms in total. The van der Waals surface area contributed by atoms with E-state index in [2.05, 4.69) is 5.32 Å². The normalized spacial score (nSPS) is 8.75. The zero-order valence-electron chi connectivity index (χ0n) is 5.44. The number of hydrogen-bond acceptors (Lipinski definition) is 2. The topological polar surface area (TPSA) is 39.1 Å². The first-order valence-electron chi connectivity index (χ1n) is 2.66. The predicted octanol–water partition coefficient (Wildman–Crippen LogP) is -0.255. The van der Waals surface area contributed by atoms with Crippen LogP contribution in [0.2, 0.25) is 0 Å². The van der Waals surface area contributed by atoms with Gasteiger partial charge in [0.25, 0.3) is 0 Å². The van der Waals surface area contributed by atoms with E-state index < -0.39 is 0 Å². The molecule has 0 spiro atoms. The van der Waals surface area contributed by atoms with Gasteiger partial charge in [-0.15, -0.1) is 0 Å². The highest BCUT2D eigenvalue weighted by Gasteiger charge is 1.85. The highest BCUT2D eigenvalue weighted by molar-refractivity contribution is 5.49. The molecule has 0 saturated carbocycles. The van der Waals surface area contributed by atoms with Crippen molar-refractivity contribution >= 4 is 6.34 Å². The van der Waals surface area contributed by atoms with E-state index in [4.69, 9.17) is 5.41 Å². The smallest absolute Gasteiger partial charge is 0.0815 e. The Hall–Kier alpha value is -0.570. The van der Waals surface area contributed by atoms with E-state index in [0.29, 0.717) is 0 Å². The summed E-state index contributed by atoms with van der Waals surface area (Å²) in [5, 5.41) is 9.75. The Kier molecular flexibility index (Phi) is 4.26. The highest BCUT2D eigenvalue weighted by atomic mass is 15.1. The zero-order chi connectivity index (χ0) is 6.41. The molecule has 3 heteroatoms. The Morgan fingerprint density at radius 1 is 1.75 bits per heavy atom. The lowest BCUT2D eigenvalue weighted by atomic mass is 10.6. The maximum Gasteiger partial charge on any atom is 0.0815 e. The van der Waals surface area contributed by atoms with Gasteiger partial charge in [-0.05, 0) is 7.05 Å². The molecule has 0 heterocycles. The van der Waals surface area contributed by atoms with Crippen LogP contribution in [0.15, 0.2) is 0 Å². The van der Waals surface area contributed by atoms with Crippen LogP contribution in [0.25, 0.3) is 0 Å². The Labute approximate surface area is 50.2 Å². The van der Waals surface area contributed by atoms with E-state index >= 15 is 0 Å². The quantitative estimate of drug-likeness (QED) is 0.391. The van der Waals surface area contributed by atoms with Gasteiger partial charge in [-0.25, -0.2) is 0 Å². The summed E-state index contributed by atoms with van der Waals surface area (Å²) in [6.07, 6.45) is 1.32. The van der Waals surface area contributed by atoms with Gasteiger partial charge in [0.1, 0.15) is 0 Å². The number of nitrogens with zero attached hydrogens (tertiary/aromatic N) is 1. The first kappa shape index (κ1) is 7.43. The summed E-state index contributed by atoms with van der Waals surface area (Å²) in [5.41, 5.74) is 0. The minimum absolute atomic E-state index is 0.903. The molecule has 48 valence electrons. The SMILES string of the molecule is CNCCN(C)C=N. The molecule has 0 atom stereocenters. The van der Waals surface area contributed by atoms with Crippen LogP contribution in [0, 0.1) is 5.41 Å². The molecular weight excluding hydrogens is 102 g/mol. The van der Waals surface area contributed by atoms with Crippen molar-refractivity contribution < 1.29 is 0 Å². The van der Waals surface area contributed by atoms with Crippen molar-refractivity contribution in [2.75, 3.05) is 27.2 Å². The first-order chi connectivity index (χ1) is 3.81. The molecule has 0 saturated heterocycles. The fourth-order valence-electron chi connectivity index (χ4n) is 0.353. The van der Waals surface area contributed by atoms with Crippen LogP contribution in [-0.4, -0.2) is 38.4 Å². The molecule has 0 aliphatic carbocycles. The summed E-state index contributed by atoms with van der Waals surface area (Å²) in [7, 11) is 3.78. The van der Waals surface area contributed by atoms with Crippen LogP contribution in [0.3, 0.4) is 0 Å². The average molecular weight is 115 g/mol. The van der Waals surface area contributed by atoms with Crippen LogP contribution in [0.1, 0.15) is 0 Å². The molecule has 0 bridgehead atoms. The maximum atomic E-state index is 6.76. The summed E-state index contributed by atoms with van der Waals surface area (Å²) < 4.78 is 0. The molecule has 0 rings (SSSR count). The minimum Gasteiger partial charge on any atom is -0.365 e. The molecule has 0 aliphatic heterocycles. The van der Waals surface area contributed by atoms with Crippen LogP contribution in [0.5, 0.6) is 0 Å². The molecule has 8 heavy (non-hydrogen) atoms. The summed E-state index contributed by atoms with van der Waals surface area (Å²) in [6, 6.07) is 0. The minimum atomic E-state index is 0.903. The molecule has 0 aromatic heterocycles. The van der Waals surface area contributed by atoms with Crippen molar-refractivity contribution in [1.82, 2.24) is 10.2 Å². The maximum absolute atomic E-state index is 6.76. The van der Waals surface area contributed by atoms with Crippen molar-refractivity contribution in [2.45, 2.75) is 0 Å². The van der Waals surface area contributed by atoms with Gasteiger partial charge in [-0.1, -0.05) is 0 Å². The van der Waals surface area contributed by atoms with Crippen LogP contribution < -0.4 is 5.32 Å². The molecule has 0 aromatic rings. The fourth-order valence-corrected chi connectivity index (χ4v) is 0.353. The second-order valence-electron chi connectivity index (χ2n) is 1.71. The number of hydrogen-bond donors (Lipinski definition) is 2. The predicted molar refractivity (Wildman–Crippen MR) is 35.3 cm³/mol. The van der Waals surface area contributed by atoms with Crippen molar-refractivity contribution in [2.24, 2.45) is 0 Å². The second-order valence-corrected chi connectivity index (χ2v) is 1.71. The molecule has 2 N–H and O–H groups in total. The van der Waals surface area contributed by atoms with E-state index in [1.807, 2.05) is 19.0 Å². The molecule has 0 unspecified atom stereocenters. The number of rotatable bonds is 4. The van der Waals surface area contributed by atoms with E-state index in [-0.39, 0.29) is 0 Å². The van der Waals surface area contributed by atoms with E-state index in [0.717, 1.165) is 13.1 Å². The number of nitrogens with one attached hydrogen (secondary N) is 2. The van der Waals surface area contributed by atoms with Crippen molar-refractivity contribution in [3.05, 3.63) is 0 Å². The lowest BCUT2D eigenvalue weighted by Gasteiger charge is -2.09. The van der Waals surface area contributed by atoms with Crippen molar-refractivity contribution in [3.8, 4) is 0 Å². The van der Waals surface area contributed by atoms with E-state index in [1.54, 1.807) is 0 Å². The van der Waals surface area contributed by atoms with E-state index in [1.165, 1.54) is 6.34 Å². The highest BCUT2D eigenvalue weighted by Crippen LogP contribution is 1.69. The molecule has 0 aliphatic rings. The molecular formula is C5H13N3. The van der Waals surface area contributed by atoms with Crippen molar-refractivity contribution in [1.29, 1.82) is 5.41 Å². The Morgan fingerprint density at radius 2 is 2.38 bits per heavy atom. The Morgan fingerprint density at radius 3 is 2.75 bits per heavy atom. The van der Waals surface area contributed by atoms with E-state index in [9.17, 15) is 0 Å². The first-order valence-corrected chi connectivity index (χ1v) is 2.66. The van der Waals surface area contributed by atoms with Gasteiger partial charge in [-0.2, -0.15) is 0 Å². The van der Waals surface area contributed by atoms with Gasteiger partial charge in [0.15, 0.2) is 0 Å². The Bertz CT molecular complexity index is 62.7. The van der Waals surface area contributed by atoms with Crippen LogP contribution in [-0.2, 0) is 0 Å². The van der Waals surface area contributed by atoms with Gasteiger partial charge in [0.2, 0.25) is 0 Å². The van der Waals surface area contributed by atoms with Gasteiger partial charge >= 0.3 is 0 Å². The third-order valence-corrected chi connectivity index (χ3v) is 0.935. The average Bonchev–Trinajstić information content (AvgIpc) is 1.83. The summed E-state index contributed by atoms with van der Waals surface area (Å²) in [4.78, 5) is 1.82. The summed E-state index contributed by atoms with van der Waals surface area (Å²) in [5.74, 6) is 0. The standard InChI is InChI=1S/C5H13N3/c1-7-3-4-8(2)5-6/h5-7H,3-4H2,1-2H3. The lowest BCUT2D eigenvalue weighted by Crippen LogP contribution is -2.25. The molecule has 0 aromatic carbocycles. The third-order valence-electron chi connectivity index (χ3n) is 0.935. The van der Waals surface area contributed by atoms with Crippen molar-refractivity contribution in [3.63, 3.8) is 0 Å². The fraction of sp³-hybridized carbons (Fsp3) is 0.800. The number of likely N-dealkylation sites (N-methyl/N-ethyl adjacent to an activating group) is 2. The van der Waals surface area contributed by atoms with Gasteiger partial charge in [0, 0.05) is 20.1 Å².